The fourth-order valence-electron chi connectivity index (χ4n) is 4.02. The van der Waals surface area contributed by atoms with Crippen LogP contribution in [0.15, 0.2) is 24.5 Å². The highest BCUT2D eigenvalue weighted by molar-refractivity contribution is 5.65. The topological polar surface area (TPSA) is 56.3 Å². The van der Waals surface area contributed by atoms with Crippen LogP contribution in [0.3, 0.4) is 0 Å². The lowest BCUT2D eigenvalue weighted by molar-refractivity contribution is -0.923. The molecule has 1 aromatic heterocycles. The van der Waals surface area contributed by atoms with E-state index in [9.17, 15) is 9.90 Å². The molecule has 1 aliphatic rings. The maximum Gasteiger partial charge on any atom is 0.119 e. The molecule has 26 heavy (non-hydrogen) atoms. The first-order valence-corrected chi connectivity index (χ1v) is 10.4. The highest BCUT2D eigenvalue weighted by Gasteiger charge is 2.32. The van der Waals surface area contributed by atoms with Gasteiger partial charge in [-0.05, 0) is 25.0 Å². The van der Waals surface area contributed by atoms with Gasteiger partial charge in [-0.1, -0.05) is 45.4 Å². The lowest BCUT2D eigenvalue weighted by Crippen LogP contribution is -2.63. The van der Waals surface area contributed by atoms with Gasteiger partial charge in [-0.3, -0.25) is 4.98 Å². The third-order valence-electron chi connectivity index (χ3n) is 5.67. The first kappa shape index (κ1) is 20.7. The summed E-state index contributed by atoms with van der Waals surface area (Å²) < 4.78 is 0.680. The van der Waals surface area contributed by atoms with E-state index in [0.29, 0.717) is 4.48 Å². The van der Waals surface area contributed by atoms with Gasteiger partial charge < -0.3 is 19.3 Å². The molecule has 146 valence electrons. The van der Waals surface area contributed by atoms with E-state index in [0.717, 1.165) is 39.1 Å². The Balaban J connectivity index is 1.75. The van der Waals surface area contributed by atoms with Crippen LogP contribution in [0.4, 0.5) is 5.69 Å². The fourth-order valence-corrected chi connectivity index (χ4v) is 4.02. The van der Waals surface area contributed by atoms with Gasteiger partial charge in [0.25, 0.3) is 0 Å². The SMILES string of the molecule is CCCCCCCCCC[N+]1(CC(=O)[O-])CCN(c2ccncc2)CC1. The van der Waals surface area contributed by atoms with E-state index >= 15 is 0 Å². The number of anilines is 1. The summed E-state index contributed by atoms with van der Waals surface area (Å²) in [5, 5.41) is 11.3. The van der Waals surface area contributed by atoms with Gasteiger partial charge in [-0.2, -0.15) is 0 Å². The van der Waals surface area contributed by atoms with E-state index in [-0.39, 0.29) is 6.54 Å². The number of hydrogen-bond acceptors (Lipinski definition) is 4. The summed E-state index contributed by atoms with van der Waals surface area (Å²) in [6.45, 7) is 6.92. The van der Waals surface area contributed by atoms with Crippen molar-refractivity contribution in [1.29, 1.82) is 0 Å². The molecule has 0 atom stereocenters. The molecule has 0 aromatic carbocycles. The normalized spacial score (nSPS) is 16.6. The zero-order valence-corrected chi connectivity index (χ0v) is 16.4. The molecular weight excluding hydrogens is 326 g/mol. The molecule has 0 amide bonds. The number of unbranched alkanes of at least 4 members (excludes halogenated alkanes) is 7. The number of aliphatic carboxylic acids is 1. The lowest BCUT2D eigenvalue weighted by atomic mass is 10.1. The Hall–Kier alpha value is -1.62. The van der Waals surface area contributed by atoms with Crippen molar-refractivity contribution in [2.45, 2.75) is 58.3 Å². The minimum atomic E-state index is -0.915. The van der Waals surface area contributed by atoms with Crippen molar-refractivity contribution in [3.05, 3.63) is 24.5 Å². The van der Waals surface area contributed by atoms with Gasteiger partial charge in [0.2, 0.25) is 0 Å². The number of carboxylic acid groups (broad SMARTS) is 1. The number of nitrogens with zero attached hydrogens (tertiary/aromatic N) is 3. The van der Waals surface area contributed by atoms with Crippen molar-refractivity contribution in [1.82, 2.24) is 4.98 Å². The number of rotatable bonds is 12. The first-order valence-electron chi connectivity index (χ1n) is 10.4. The third-order valence-corrected chi connectivity index (χ3v) is 5.67. The number of aromatic nitrogens is 1. The molecule has 0 bridgehead atoms. The second kappa shape index (κ2) is 11.2. The van der Waals surface area contributed by atoms with Crippen LogP contribution in [-0.2, 0) is 4.79 Å². The smallest absolute Gasteiger partial charge is 0.119 e. The van der Waals surface area contributed by atoms with E-state index in [2.05, 4.69) is 16.8 Å². The van der Waals surface area contributed by atoms with Crippen LogP contribution < -0.4 is 10.0 Å². The van der Waals surface area contributed by atoms with E-state index in [4.69, 9.17) is 0 Å². The molecule has 1 fully saturated rings. The number of piperazine rings is 1. The van der Waals surface area contributed by atoms with Crippen molar-refractivity contribution in [2.24, 2.45) is 0 Å². The van der Waals surface area contributed by atoms with Gasteiger partial charge in [0.05, 0.1) is 38.7 Å². The fraction of sp³-hybridized carbons (Fsp3) is 0.714. The number of carboxylic acids is 1. The van der Waals surface area contributed by atoms with E-state index in [1.807, 2.05) is 24.5 Å². The number of carbonyl (C=O) groups is 1. The van der Waals surface area contributed by atoms with E-state index in [1.165, 1.54) is 50.6 Å². The molecule has 0 radical (unpaired) electrons. The van der Waals surface area contributed by atoms with Crippen LogP contribution in [0.5, 0.6) is 0 Å². The van der Waals surface area contributed by atoms with Crippen LogP contribution in [0.25, 0.3) is 0 Å². The van der Waals surface area contributed by atoms with Crippen molar-refractivity contribution < 1.29 is 14.4 Å². The summed E-state index contributed by atoms with van der Waals surface area (Å²) in [6, 6.07) is 4.05. The first-order chi connectivity index (χ1) is 12.7. The number of carbonyl (C=O) groups excluding carboxylic acids is 1. The van der Waals surface area contributed by atoms with Crippen LogP contribution >= 0.6 is 0 Å². The minimum absolute atomic E-state index is 0.153. The second-order valence-electron chi connectivity index (χ2n) is 7.71. The number of quaternary nitrogens is 1. The Labute approximate surface area is 158 Å². The monoisotopic (exact) mass is 361 g/mol. The summed E-state index contributed by atoms with van der Waals surface area (Å²) in [5.74, 6) is -0.915. The Kier molecular flexibility index (Phi) is 8.89. The van der Waals surface area contributed by atoms with Gasteiger partial charge in [0.1, 0.15) is 6.54 Å². The molecule has 1 aliphatic heterocycles. The zero-order valence-electron chi connectivity index (χ0n) is 16.4. The van der Waals surface area contributed by atoms with Crippen molar-refractivity contribution >= 4 is 11.7 Å². The summed E-state index contributed by atoms with van der Waals surface area (Å²) >= 11 is 0. The Morgan fingerprint density at radius 3 is 2.19 bits per heavy atom. The van der Waals surface area contributed by atoms with Gasteiger partial charge in [0, 0.05) is 18.1 Å². The molecule has 2 rings (SSSR count). The average molecular weight is 362 g/mol. The van der Waals surface area contributed by atoms with Crippen molar-refractivity contribution in [3.63, 3.8) is 0 Å². The van der Waals surface area contributed by atoms with Crippen molar-refractivity contribution in [3.8, 4) is 0 Å². The lowest BCUT2D eigenvalue weighted by Gasteiger charge is -2.45. The second-order valence-corrected chi connectivity index (χ2v) is 7.71. The Bertz CT molecular complexity index is 513. The molecule has 0 N–H and O–H groups in total. The average Bonchev–Trinajstić information content (AvgIpc) is 2.65. The molecule has 5 nitrogen and oxygen atoms in total. The van der Waals surface area contributed by atoms with Crippen LogP contribution in [0.2, 0.25) is 0 Å². The molecule has 0 saturated carbocycles. The zero-order chi connectivity index (χ0) is 18.7. The van der Waals surface area contributed by atoms with Gasteiger partial charge in [-0.15, -0.1) is 0 Å². The summed E-state index contributed by atoms with van der Waals surface area (Å²) in [7, 11) is 0. The number of hydrogen-bond donors (Lipinski definition) is 0. The molecule has 1 aromatic rings. The summed E-state index contributed by atoms with van der Waals surface area (Å²) in [4.78, 5) is 17.7. The quantitative estimate of drug-likeness (QED) is 0.424. The van der Waals surface area contributed by atoms with Gasteiger partial charge in [-0.25, -0.2) is 0 Å². The number of pyridine rings is 1. The largest absolute Gasteiger partial charge is 0.544 e. The van der Waals surface area contributed by atoms with E-state index < -0.39 is 5.97 Å². The Morgan fingerprint density at radius 1 is 1.04 bits per heavy atom. The summed E-state index contributed by atoms with van der Waals surface area (Å²) in [5.41, 5.74) is 1.18. The van der Waals surface area contributed by atoms with Crippen LogP contribution in [0, 0.1) is 0 Å². The molecule has 2 heterocycles. The molecule has 0 unspecified atom stereocenters. The third kappa shape index (κ3) is 6.94. The predicted molar refractivity (Wildman–Crippen MR) is 104 cm³/mol. The molecule has 5 heteroatoms. The maximum atomic E-state index is 11.3. The van der Waals surface area contributed by atoms with Crippen molar-refractivity contribution in [2.75, 3.05) is 44.2 Å². The van der Waals surface area contributed by atoms with E-state index in [1.54, 1.807) is 0 Å². The molecular formula is C21H35N3O2. The van der Waals surface area contributed by atoms with Crippen LogP contribution in [-0.4, -0.2) is 54.7 Å². The maximum absolute atomic E-state index is 11.3. The predicted octanol–water partition coefficient (Wildman–Crippen LogP) is 2.61. The summed E-state index contributed by atoms with van der Waals surface area (Å²) in [6.07, 6.45) is 13.9. The molecule has 1 saturated heterocycles. The Morgan fingerprint density at radius 2 is 1.62 bits per heavy atom. The molecule has 0 spiro atoms. The standard InChI is InChI=1S/C21H35N3O2/c1-2-3-4-5-6-7-8-9-16-24(19-21(25)26)17-14-23(15-18-24)20-10-12-22-13-11-20/h10-13H,2-9,14-19H2,1H3. The minimum Gasteiger partial charge on any atom is -0.544 e. The highest BCUT2D eigenvalue weighted by Crippen LogP contribution is 2.21. The van der Waals surface area contributed by atoms with Gasteiger partial charge >= 0.3 is 0 Å². The molecule has 0 aliphatic carbocycles. The highest BCUT2D eigenvalue weighted by atomic mass is 16.4. The van der Waals surface area contributed by atoms with Gasteiger partial charge in [0.15, 0.2) is 0 Å². The van der Waals surface area contributed by atoms with Crippen LogP contribution in [0.1, 0.15) is 58.3 Å².